The summed E-state index contributed by atoms with van der Waals surface area (Å²) >= 11 is 0. The van der Waals surface area contributed by atoms with Gasteiger partial charge in [0.05, 0.1) is 22.6 Å². The number of carbonyl (C=O) groups excluding carboxylic acids is 1. The topological polar surface area (TPSA) is 103 Å². The van der Waals surface area contributed by atoms with Gasteiger partial charge < -0.3 is 10.0 Å². The number of carboxylic acids is 1. The van der Waals surface area contributed by atoms with Crippen LogP contribution in [-0.2, 0) is 11.2 Å². The van der Waals surface area contributed by atoms with Crippen molar-refractivity contribution in [3.8, 4) is 0 Å². The van der Waals surface area contributed by atoms with Crippen molar-refractivity contribution in [3.05, 3.63) is 75.5 Å². The highest BCUT2D eigenvalue weighted by Crippen LogP contribution is 2.22. The number of carboxylic acid groups (broad SMARTS) is 1. The van der Waals surface area contributed by atoms with Crippen molar-refractivity contribution in [2.45, 2.75) is 19.3 Å². The van der Waals surface area contributed by atoms with Gasteiger partial charge in [0.15, 0.2) is 0 Å². The van der Waals surface area contributed by atoms with E-state index < -0.39 is 23.6 Å². The number of carbonyl (C=O) groups is 2. The Morgan fingerprint density at radius 3 is 2.53 bits per heavy atom. The number of hydrogen-bond donors (Lipinski definition) is 2. The summed E-state index contributed by atoms with van der Waals surface area (Å²) in [4.78, 5) is 37.4. The van der Waals surface area contributed by atoms with Crippen LogP contribution in [0.25, 0.3) is 10.8 Å². The van der Waals surface area contributed by atoms with Crippen molar-refractivity contribution < 1.29 is 19.1 Å². The van der Waals surface area contributed by atoms with E-state index in [-0.39, 0.29) is 24.2 Å². The molecule has 2 aromatic carbocycles. The molecule has 0 atom stereocenters. The van der Waals surface area contributed by atoms with E-state index in [1.807, 2.05) is 6.07 Å². The molecule has 0 unspecified atom stereocenters. The lowest BCUT2D eigenvalue weighted by atomic mass is 9.96. The molecule has 154 valence electrons. The molecule has 7 nitrogen and oxygen atoms in total. The van der Waals surface area contributed by atoms with Gasteiger partial charge in [-0.3, -0.25) is 14.4 Å². The lowest BCUT2D eigenvalue weighted by Gasteiger charge is -2.30. The second-order valence-corrected chi connectivity index (χ2v) is 7.44. The van der Waals surface area contributed by atoms with Gasteiger partial charge in [0.25, 0.3) is 11.5 Å². The number of piperidine rings is 1. The molecule has 1 aliphatic rings. The Morgan fingerprint density at radius 1 is 1.13 bits per heavy atom. The average molecular weight is 409 g/mol. The van der Waals surface area contributed by atoms with Crippen LogP contribution in [0.1, 0.15) is 34.5 Å². The highest BCUT2D eigenvalue weighted by atomic mass is 19.1. The lowest BCUT2D eigenvalue weighted by Crippen LogP contribution is -2.40. The van der Waals surface area contributed by atoms with Crippen molar-refractivity contribution in [2.24, 2.45) is 5.92 Å². The maximum atomic E-state index is 14.4. The minimum absolute atomic E-state index is 0.0463. The van der Waals surface area contributed by atoms with Gasteiger partial charge in [0.1, 0.15) is 5.82 Å². The zero-order valence-electron chi connectivity index (χ0n) is 16.1. The van der Waals surface area contributed by atoms with E-state index >= 15 is 0 Å². The fraction of sp³-hybridized carbons (Fsp3) is 0.273. The summed E-state index contributed by atoms with van der Waals surface area (Å²) in [7, 11) is 0. The largest absolute Gasteiger partial charge is 0.481 e. The second-order valence-electron chi connectivity index (χ2n) is 7.44. The molecule has 4 rings (SSSR count). The van der Waals surface area contributed by atoms with E-state index in [1.54, 1.807) is 24.3 Å². The number of fused-ring (bicyclic) bond motifs is 1. The number of aromatic amines is 1. The van der Waals surface area contributed by atoms with E-state index in [0.29, 0.717) is 41.3 Å². The van der Waals surface area contributed by atoms with E-state index in [4.69, 9.17) is 5.11 Å². The van der Waals surface area contributed by atoms with Crippen molar-refractivity contribution in [1.82, 2.24) is 15.1 Å². The molecule has 2 heterocycles. The van der Waals surface area contributed by atoms with Crippen molar-refractivity contribution in [1.29, 1.82) is 0 Å². The Bertz CT molecular complexity index is 1180. The van der Waals surface area contributed by atoms with Gasteiger partial charge in [0.2, 0.25) is 0 Å². The van der Waals surface area contributed by atoms with Gasteiger partial charge in [-0.05, 0) is 36.6 Å². The molecule has 2 N–H and O–H groups in total. The monoisotopic (exact) mass is 409 g/mol. The van der Waals surface area contributed by atoms with Gasteiger partial charge in [-0.25, -0.2) is 9.49 Å². The van der Waals surface area contributed by atoms with E-state index in [1.165, 1.54) is 17.0 Å². The molecule has 1 fully saturated rings. The normalized spacial score (nSPS) is 14.8. The molecular weight excluding hydrogens is 389 g/mol. The number of H-pyrrole nitrogens is 1. The minimum Gasteiger partial charge on any atom is -0.481 e. The quantitative estimate of drug-likeness (QED) is 0.689. The molecular formula is C22H20FN3O4. The number of amides is 1. The number of hydrogen-bond acceptors (Lipinski definition) is 4. The van der Waals surface area contributed by atoms with Crippen LogP contribution in [0.3, 0.4) is 0 Å². The molecule has 0 bridgehead atoms. The van der Waals surface area contributed by atoms with Crippen molar-refractivity contribution >= 4 is 22.6 Å². The van der Waals surface area contributed by atoms with E-state index in [2.05, 4.69) is 10.2 Å². The lowest BCUT2D eigenvalue weighted by molar-refractivity contribution is -0.143. The average Bonchev–Trinajstić information content (AvgIpc) is 2.76. The number of aromatic nitrogens is 2. The zero-order valence-corrected chi connectivity index (χ0v) is 16.1. The SMILES string of the molecule is O=C(O)C1CCN(C(=O)c2cc(Cc3n[nH]c(=O)c4ccccc34)ccc2F)CC1. The first kappa shape index (κ1) is 19.8. The Hall–Kier alpha value is -3.55. The molecule has 30 heavy (non-hydrogen) atoms. The third-order valence-corrected chi connectivity index (χ3v) is 5.54. The van der Waals surface area contributed by atoms with E-state index in [9.17, 15) is 18.8 Å². The number of benzene rings is 2. The number of nitrogens with one attached hydrogen (secondary N) is 1. The van der Waals surface area contributed by atoms with Gasteiger partial charge in [-0.2, -0.15) is 5.10 Å². The van der Waals surface area contributed by atoms with Gasteiger partial charge in [-0.15, -0.1) is 0 Å². The van der Waals surface area contributed by atoms with Crippen LogP contribution in [0.5, 0.6) is 0 Å². The van der Waals surface area contributed by atoms with Crippen molar-refractivity contribution in [2.75, 3.05) is 13.1 Å². The van der Waals surface area contributed by atoms with Gasteiger partial charge in [0, 0.05) is 24.9 Å². The molecule has 0 spiro atoms. The summed E-state index contributed by atoms with van der Waals surface area (Å²) in [5.74, 6) is -2.40. The summed E-state index contributed by atoms with van der Waals surface area (Å²) < 4.78 is 14.4. The minimum atomic E-state index is -0.865. The summed E-state index contributed by atoms with van der Waals surface area (Å²) in [6.07, 6.45) is 1.03. The third-order valence-electron chi connectivity index (χ3n) is 5.54. The van der Waals surface area contributed by atoms with Crippen LogP contribution < -0.4 is 5.56 Å². The van der Waals surface area contributed by atoms with Crippen LogP contribution in [0.4, 0.5) is 4.39 Å². The molecule has 1 aliphatic heterocycles. The fourth-order valence-corrected chi connectivity index (χ4v) is 3.85. The Labute approximate surface area is 171 Å². The molecule has 1 aromatic heterocycles. The molecule has 1 saturated heterocycles. The zero-order chi connectivity index (χ0) is 21.3. The molecule has 0 aliphatic carbocycles. The van der Waals surface area contributed by atoms with Crippen LogP contribution in [0.2, 0.25) is 0 Å². The summed E-state index contributed by atoms with van der Waals surface area (Å²) in [6, 6.07) is 11.4. The number of halogens is 1. The maximum absolute atomic E-state index is 14.4. The van der Waals surface area contributed by atoms with Crippen LogP contribution in [0.15, 0.2) is 47.3 Å². The van der Waals surface area contributed by atoms with Crippen LogP contribution in [-0.4, -0.2) is 45.2 Å². The standard InChI is InChI=1S/C22H20FN3O4/c23-18-6-5-13(12-19-15-3-1-2-4-16(15)20(27)25-24-19)11-17(18)21(28)26-9-7-14(8-10-26)22(29)30/h1-6,11,14H,7-10,12H2,(H,25,27)(H,29,30). The molecule has 8 heteroatoms. The molecule has 0 radical (unpaired) electrons. The summed E-state index contributed by atoms with van der Waals surface area (Å²) in [5, 5.41) is 16.9. The number of likely N-dealkylation sites (tertiary alicyclic amines) is 1. The summed E-state index contributed by atoms with van der Waals surface area (Å²) in [6.45, 7) is 0.567. The second kappa shape index (κ2) is 8.06. The Balaban J connectivity index is 1.59. The fourth-order valence-electron chi connectivity index (χ4n) is 3.85. The Kier molecular flexibility index (Phi) is 5.31. The maximum Gasteiger partial charge on any atom is 0.306 e. The number of aliphatic carboxylic acids is 1. The first-order valence-corrected chi connectivity index (χ1v) is 9.71. The molecule has 0 saturated carbocycles. The number of rotatable bonds is 4. The first-order valence-electron chi connectivity index (χ1n) is 9.71. The smallest absolute Gasteiger partial charge is 0.306 e. The van der Waals surface area contributed by atoms with Crippen molar-refractivity contribution in [3.63, 3.8) is 0 Å². The predicted molar refractivity (Wildman–Crippen MR) is 108 cm³/mol. The van der Waals surface area contributed by atoms with Crippen LogP contribution in [0, 0.1) is 11.7 Å². The van der Waals surface area contributed by atoms with Crippen LogP contribution >= 0.6 is 0 Å². The first-order chi connectivity index (χ1) is 14.4. The van der Waals surface area contributed by atoms with Gasteiger partial charge in [-0.1, -0.05) is 24.3 Å². The highest BCUT2D eigenvalue weighted by molar-refractivity contribution is 5.95. The Morgan fingerprint density at radius 2 is 1.83 bits per heavy atom. The molecule has 1 amide bonds. The summed E-state index contributed by atoms with van der Waals surface area (Å²) in [5.41, 5.74) is 0.978. The van der Waals surface area contributed by atoms with Gasteiger partial charge >= 0.3 is 5.97 Å². The molecule has 3 aromatic rings. The highest BCUT2D eigenvalue weighted by Gasteiger charge is 2.28. The van der Waals surface area contributed by atoms with E-state index in [0.717, 1.165) is 0 Å². The predicted octanol–water partition coefficient (Wildman–Crippen LogP) is 2.59. The number of nitrogens with zero attached hydrogens (tertiary/aromatic N) is 2. The third kappa shape index (κ3) is 3.80.